The molecule has 0 saturated carbocycles. The molecule has 0 atom stereocenters. The highest BCUT2D eigenvalue weighted by molar-refractivity contribution is 9.10. The molecule has 0 aliphatic rings. The summed E-state index contributed by atoms with van der Waals surface area (Å²) in [6.45, 7) is 0. The lowest BCUT2D eigenvalue weighted by Gasteiger charge is -2.01. The normalized spacial score (nSPS) is 11.2. The number of fused-ring (bicyclic) bond motifs is 2. The van der Waals surface area contributed by atoms with Crippen molar-refractivity contribution in [1.29, 1.82) is 0 Å². The molecule has 1 heterocycles. The second kappa shape index (κ2) is 2.82. The molecule has 1 aromatic heterocycles. The van der Waals surface area contributed by atoms with Gasteiger partial charge in [0, 0.05) is 9.86 Å². The molecule has 14 heavy (non-hydrogen) atoms. The summed E-state index contributed by atoms with van der Waals surface area (Å²) in [6.07, 6.45) is 1.84. The number of hydrogen-bond donors (Lipinski definition) is 1. The van der Waals surface area contributed by atoms with Crippen LogP contribution in [0.2, 0.25) is 0 Å². The van der Waals surface area contributed by atoms with E-state index in [1.807, 2.05) is 18.3 Å². The van der Waals surface area contributed by atoms with Crippen molar-refractivity contribution in [3.8, 4) is 0 Å². The molecule has 0 unspecified atom stereocenters. The first kappa shape index (κ1) is 8.00. The van der Waals surface area contributed by atoms with Crippen LogP contribution in [0.3, 0.4) is 0 Å². The second-order valence-corrected chi connectivity index (χ2v) is 4.04. The minimum atomic E-state index is 1.07. The van der Waals surface area contributed by atoms with Gasteiger partial charge in [-0.2, -0.15) is 5.10 Å². The summed E-state index contributed by atoms with van der Waals surface area (Å²) in [4.78, 5) is 0. The van der Waals surface area contributed by atoms with Gasteiger partial charge in [-0.1, -0.05) is 24.3 Å². The second-order valence-electron chi connectivity index (χ2n) is 3.24. The van der Waals surface area contributed by atoms with Gasteiger partial charge in [0.1, 0.15) is 0 Å². The van der Waals surface area contributed by atoms with E-state index in [1.54, 1.807) is 0 Å². The SMILES string of the molecule is Brc1c2ccccc2cc2[nH]ncc12. The number of hydrogen-bond acceptors (Lipinski definition) is 1. The van der Waals surface area contributed by atoms with Crippen molar-refractivity contribution in [2.75, 3.05) is 0 Å². The maximum Gasteiger partial charge on any atom is 0.0668 e. The molecule has 0 aliphatic heterocycles. The number of halogens is 1. The van der Waals surface area contributed by atoms with Gasteiger partial charge in [0.2, 0.25) is 0 Å². The summed E-state index contributed by atoms with van der Waals surface area (Å²) >= 11 is 3.60. The summed E-state index contributed by atoms with van der Waals surface area (Å²) < 4.78 is 1.11. The van der Waals surface area contributed by atoms with E-state index in [-0.39, 0.29) is 0 Å². The Balaban J connectivity index is 2.63. The Labute approximate surface area is 89.1 Å². The van der Waals surface area contributed by atoms with Crippen LogP contribution in [0.25, 0.3) is 21.7 Å². The monoisotopic (exact) mass is 246 g/mol. The minimum Gasteiger partial charge on any atom is -0.278 e. The first-order chi connectivity index (χ1) is 6.86. The number of benzene rings is 2. The number of rotatable bonds is 0. The fourth-order valence-corrected chi connectivity index (χ4v) is 2.38. The van der Waals surface area contributed by atoms with Crippen LogP contribution in [0.1, 0.15) is 0 Å². The first-order valence-corrected chi connectivity index (χ1v) is 5.16. The molecule has 2 aromatic carbocycles. The van der Waals surface area contributed by atoms with Crippen molar-refractivity contribution in [3.63, 3.8) is 0 Å². The van der Waals surface area contributed by atoms with Gasteiger partial charge >= 0.3 is 0 Å². The maximum absolute atomic E-state index is 4.03. The van der Waals surface area contributed by atoms with Crippen molar-refractivity contribution in [3.05, 3.63) is 41.0 Å². The van der Waals surface area contributed by atoms with Gasteiger partial charge in [0.05, 0.1) is 11.7 Å². The summed E-state index contributed by atoms with van der Waals surface area (Å²) in [5.41, 5.74) is 1.07. The average molecular weight is 247 g/mol. The molecule has 3 rings (SSSR count). The molecule has 0 bridgehead atoms. The van der Waals surface area contributed by atoms with Gasteiger partial charge in [-0.25, -0.2) is 0 Å². The topological polar surface area (TPSA) is 28.7 Å². The molecule has 2 nitrogen and oxygen atoms in total. The number of nitrogens with zero attached hydrogens (tertiary/aromatic N) is 1. The number of aromatic amines is 1. The molecule has 3 heteroatoms. The van der Waals surface area contributed by atoms with Crippen LogP contribution in [-0.2, 0) is 0 Å². The molecule has 1 N–H and O–H groups in total. The Morgan fingerprint density at radius 2 is 2.00 bits per heavy atom. The van der Waals surface area contributed by atoms with Gasteiger partial charge in [0.15, 0.2) is 0 Å². The van der Waals surface area contributed by atoms with Crippen molar-refractivity contribution in [2.45, 2.75) is 0 Å². The fraction of sp³-hybridized carbons (Fsp3) is 0. The highest BCUT2D eigenvalue weighted by atomic mass is 79.9. The summed E-state index contributed by atoms with van der Waals surface area (Å²) in [7, 11) is 0. The molecule has 0 aliphatic carbocycles. The van der Waals surface area contributed by atoms with Crippen LogP contribution in [0.15, 0.2) is 41.0 Å². The van der Waals surface area contributed by atoms with Crippen molar-refractivity contribution >= 4 is 37.6 Å². The summed E-state index contributed by atoms with van der Waals surface area (Å²) in [5, 5.41) is 10.6. The zero-order valence-corrected chi connectivity index (χ0v) is 8.88. The van der Waals surface area contributed by atoms with Crippen LogP contribution < -0.4 is 0 Å². The van der Waals surface area contributed by atoms with Crippen LogP contribution in [0.4, 0.5) is 0 Å². The smallest absolute Gasteiger partial charge is 0.0668 e. The van der Waals surface area contributed by atoms with Crippen molar-refractivity contribution in [2.24, 2.45) is 0 Å². The van der Waals surface area contributed by atoms with Gasteiger partial charge < -0.3 is 0 Å². The van der Waals surface area contributed by atoms with E-state index in [0.29, 0.717) is 0 Å². The fourth-order valence-electron chi connectivity index (χ4n) is 1.70. The Morgan fingerprint density at radius 3 is 2.93 bits per heavy atom. The van der Waals surface area contributed by atoms with Crippen LogP contribution in [-0.4, -0.2) is 10.2 Å². The average Bonchev–Trinajstić information content (AvgIpc) is 2.66. The van der Waals surface area contributed by atoms with Gasteiger partial charge in [-0.15, -0.1) is 0 Å². The van der Waals surface area contributed by atoms with E-state index in [4.69, 9.17) is 0 Å². The quantitative estimate of drug-likeness (QED) is 0.647. The first-order valence-electron chi connectivity index (χ1n) is 4.36. The zero-order chi connectivity index (χ0) is 9.54. The largest absolute Gasteiger partial charge is 0.278 e. The van der Waals surface area contributed by atoms with E-state index in [0.717, 1.165) is 15.4 Å². The van der Waals surface area contributed by atoms with Crippen molar-refractivity contribution in [1.82, 2.24) is 10.2 Å². The molecule has 0 saturated heterocycles. The number of nitrogens with one attached hydrogen (secondary N) is 1. The minimum absolute atomic E-state index is 1.07. The molecule has 0 amide bonds. The number of aromatic nitrogens is 2. The predicted molar refractivity (Wildman–Crippen MR) is 61.3 cm³/mol. The van der Waals surface area contributed by atoms with Gasteiger partial charge in [0.25, 0.3) is 0 Å². The molecule has 68 valence electrons. The Morgan fingerprint density at radius 1 is 1.14 bits per heavy atom. The number of H-pyrrole nitrogens is 1. The third kappa shape index (κ3) is 0.990. The van der Waals surface area contributed by atoms with E-state index in [2.05, 4.69) is 44.3 Å². The lowest BCUT2D eigenvalue weighted by Crippen LogP contribution is -1.76. The maximum atomic E-state index is 4.03. The molecule has 3 aromatic rings. The third-order valence-corrected chi connectivity index (χ3v) is 3.26. The zero-order valence-electron chi connectivity index (χ0n) is 7.29. The van der Waals surface area contributed by atoms with E-state index in [1.165, 1.54) is 10.8 Å². The summed E-state index contributed by atoms with van der Waals surface area (Å²) in [6, 6.07) is 10.4. The lowest BCUT2D eigenvalue weighted by atomic mass is 10.1. The predicted octanol–water partition coefficient (Wildman–Crippen LogP) is 3.48. The van der Waals surface area contributed by atoms with Crippen LogP contribution in [0.5, 0.6) is 0 Å². The van der Waals surface area contributed by atoms with Gasteiger partial charge in [-0.3, -0.25) is 5.10 Å². The molecule has 0 fully saturated rings. The van der Waals surface area contributed by atoms with Gasteiger partial charge in [-0.05, 0) is 32.8 Å². The van der Waals surface area contributed by atoms with E-state index < -0.39 is 0 Å². The Hall–Kier alpha value is -1.35. The molecular weight excluding hydrogens is 240 g/mol. The molecular formula is C11H7BrN2. The highest BCUT2D eigenvalue weighted by Crippen LogP contribution is 2.31. The summed E-state index contributed by atoms with van der Waals surface area (Å²) in [5.74, 6) is 0. The lowest BCUT2D eigenvalue weighted by molar-refractivity contribution is 1.12. The highest BCUT2D eigenvalue weighted by Gasteiger charge is 2.05. The molecule has 0 spiro atoms. The van der Waals surface area contributed by atoms with E-state index >= 15 is 0 Å². The molecule has 0 radical (unpaired) electrons. The third-order valence-electron chi connectivity index (χ3n) is 2.40. The van der Waals surface area contributed by atoms with Crippen LogP contribution in [0, 0.1) is 0 Å². The van der Waals surface area contributed by atoms with Crippen molar-refractivity contribution < 1.29 is 0 Å². The Bertz CT molecular complexity index is 613. The van der Waals surface area contributed by atoms with E-state index in [9.17, 15) is 0 Å². The Kier molecular flexibility index (Phi) is 1.61. The standard InChI is InChI=1S/C11H7BrN2/c12-11-8-4-2-1-3-7(8)5-10-9(11)6-13-14-10/h1-6H,(H,13,14). The van der Waals surface area contributed by atoms with Crippen LogP contribution >= 0.6 is 15.9 Å².